The number of aliphatic carboxylic acids is 2. The second-order valence-corrected chi connectivity index (χ2v) is 3.43. The Kier molecular flexibility index (Phi) is 23.1. The van der Waals surface area contributed by atoms with Crippen LogP contribution in [0, 0.1) is 0 Å². The Morgan fingerprint density at radius 1 is 1.07 bits per heavy atom. The summed E-state index contributed by atoms with van der Waals surface area (Å²) in [5.74, 6) is -4.18. The molecule has 0 N–H and O–H groups in total. The summed E-state index contributed by atoms with van der Waals surface area (Å²) in [6, 6.07) is 0. The van der Waals surface area contributed by atoms with Gasteiger partial charge in [-0.25, -0.2) is 8.42 Å². The van der Waals surface area contributed by atoms with Gasteiger partial charge in [0, 0.05) is 12.4 Å². The van der Waals surface area contributed by atoms with Crippen molar-refractivity contribution in [3.63, 3.8) is 0 Å². The van der Waals surface area contributed by atoms with Crippen LogP contribution in [-0.2, 0) is 19.7 Å². The largest absolute Gasteiger partial charge is 1.00 e. The molecule has 70 valence electrons. The number of carboxylic acid groups (broad SMARTS) is 2. The van der Waals surface area contributed by atoms with Gasteiger partial charge in [-0.3, -0.25) is 0 Å². The topological polar surface area (TPSA) is 137 Å². The van der Waals surface area contributed by atoms with E-state index in [4.69, 9.17) is 0 Å². The Labute approximate surface area is 214 Å². The van der Waals surface area contributed by atoms with Crippen LogP contribution in [-0.4, -0.2) is 30.2 Å². The molecule has 0 rings (SSSR count). The first-order valence-electron chi connectivity index (χ1n) is 2.60. The van der Waals surface area contributed by atoms with Crippen molar-refractivity contribution in [1.82, 2.24) is 0 Å². The van der Waals surface area contributed by atoms with Gasteiger partial charge in [0.15, 0.2) is 0 Å². The summed E-state index contributed by atoms with van der Waals surface area (Å²) in [6.45, 7) is 0. The van der Waals surface area contributed by atoms with E-state index in [-0.39, 0.29) is 154 Å². The van der Waals surface area contributed by atoms with Crippen molar-refractivity contribution in [3.05, 3.63) is 0 Å². The van der Waals surface area contributed by atoms with E-state index < -0.39 is 33.7 Å². The Morgan fingerprint density at radius 3 is 1.47 bits per heavy atom. The zero-order valence-electron chi connectivity index (χ0n) is 8.55. The van der Waals surface area contributed by atoms with Crippen LogP contribution in [0.1, 0.15) is 6.42 Å². The van der Waals surface area contributed by atoms with Crippen molar-refractivity contribution < 1.29 is 187 Å². The summed E-state index contributed by atoms with van der Waals surface area (Å²) in [6.07, 6.45) is -1.39. The van der Waals surface area contributed by atoms with Crippen molar-refractivity contribution >= 4 is 22.1 Å². The molecule has 0 aliphatic heterocycles. The third kappa shape index (κ3) is 14.0. The van der Waals surface area contributed by atoms with Gasteiger partial charge < -0.3 is 24.4 Å². The molecular formula is C4H3K3O7S. The molecule has 0 spiro atoms. The van der Waals surface area contributed by atoms with E-state index in [9.17, 15) is 32.8 Å². The molecule has 11 heteroatoms. The maximum absolute atomic E-state index is 10.0. The molecule has 0 radical (unpaired) electrons. The smallest absolute Gasteiger partial charge is 0.747 e. The van der Waals surface area contributed by atoms with Gasteiger partial charge in [-0.15, -0.1) is 0 Å². The number of hydrogen-bond acceptors (Lipinski definition) is 7. The van der Waals surface area contributed by atoms with Gasteiger partial charge >= 0.3 is 154 Å². The number of carboxylic acids is 2. The summed E-state index contributed by atoms with van der Waals surface area (Å²) >= 11 is 0. The summed E-state index contributed by atoms with van der Waals surface area (Å²) in [5.41, 5.74) is 0. The van der Waals surface area contributed by atoms with Gasteiger partial charge in [0.2, 0.25) is 0 Å². The van der Waals surface area contributed by atoms with Gasteiger partial charge in [-0.05, 0) is 0 Å². The predicted octanol–water partition coefficient (Wildman–Crippen LogP) is -13.2. The molecule has 15 heavy (non-hydrogen) atoms. The fraction of sp³-hybridized carbons (Fsp3) is 0.500. The Morgan fingerprint density at radius 2 is 1.40 bits per heavy atom. The third-order valence-corrected chi connectivity index (χ3v) is 2.02. The fourth-order valence-corrected chi connectivity index (χ4v) is 1.03. The van der Waals surface area contributed by atoms with E-state index in [0.717, 1.165) is 0 Å². The Bertz CT molecular complexity index is 299. The van der Waals surface area contributed by atoms with E-state index >= 15 is 0 Å². The van der Waals surface area contributed by atoms with Crippen LogP contribution >= 0.6 is 0 Å². The van der Waals surface area contributed by atoms with Crippen molar-refractivity contribution in [1.29, 1.82) is 0 Å². The van der Waals surface area contributed by atoms with Crippen molar-refractivity contribution in [3.8, 4) is 0 Å². The minimum Gasteiger partial charge on any atom is -0.747 e. The molecule has 1 atom stereocenters. The van der Waals surface area contributed by atoms with E-state index in [1.165, 1.54) is 0 Å². The minimum absolute atomic E-state index is 0. The SMILES string of the molecule is O=C([O-])C[C@H](C(=O)[O-])S(=O)(=O)[O-].[K+].[K+].[K+]. The van der Waals surface area contributed by atoms with Crippen LogP contribution in [0.5, 0.6) is 0 Å². The van der Waals surface area contributed by atoms with Crippen molar-refractivity contribution in [2.45, 2.75) is 11.7 Å². The van der Waals surface area contributed by atoms with Gasteiger partial charge in [0.05, 0.1) is 11.2 Å². The van der Waals surface area contributed by atoms with Crippen LogP contribution in [0.25, 0.3) is 0 Å². The maximum atomic E-state index is 10.0. The molecular weight excluding hydrogens is 309 g/mol. The first-order chi connectivity index (χ1) is 5.25. The molecule has 0 aliphatic carbocycles. The Balaban J connectivity index is -0.000000202. The van der Waals surface area contributed by atoms with Crippen LogP contribution in [0.15, 0.2) is 0 Å². The van der Waals surface area contributed by atoms with Crippen LogP contribution in [0.3, 0.4) is 0 Å². The standard InChI is InChI=1S/C4H6O7S.3K/c5-3(6)1-2(4(7)8)12(9,10)11;;;/h2H,1H2,(H,5,6)(H,7,8)(H,9,10,11);;;/q;3*+1/p-3/t2-;;;/m1.../s1. The first-order valence-corrected chi connectivity index (χ1v) is 4.07. The number of carbonyl (C=O) groups excluding carboxylic acids is 2. The maximum Gasteiger partial charge on any atom is 1.00 e. The first kappa shape index (κ1) is 27.2. The minimum atomic E-state index is -5.19. The van der Waals surface area contributed by atoms with Gasteiger partial charge in [-0.1, -0.05) is 0 Å². The molecule has 0 aromatic carbocycles. The molecule has 0 aromatic heterocycles. The average molecular weight is 312 g/mol. The van der Waals surface area contributed by atoms with E-state index in [1.54, 1.807) is 0 Å². The molecule has 0 aliphatic rings. The summed E-state index contributed by atoms with van der Waals surface area (Å²) in [5, 5.41) is 17.1. The van der Waals surface area contributed by atoms with E-state index in [0.29, 0.717) is 0 Å². The molecule has 0 saturated heterocycles. The van der Waals surface area contributed by atoms with Crippen molar-refractivity contribution in [2.75, 3.05) is 0 Å². The summed E-state index contributed by atoms with van der Waals surface area (Å²) in [4.78, 5) is 19.7. The molecule has 0 unspecified atom stereocenters. The van der Waals surface area contributed by atoms with Gasteiger partial charge in [0.25, 0.3) is 0 Å². The quantitative estimate of drug-likeness (QED) is 0.371. The van der Waals surface area contributed by atoms with Gasteiger partial charge in [-0.2, -0.15) is 0 Å². The van der Waals surface area contributed by atoms with E-state index in [1.807, 2.05) is 0 Å². The second kappa shape index (κ2) is 12.8. The molecule has 0 saturated carbocycles. The van der Waals surface area contributed by atoms with Crippen LogP contribution < -0.4 is 164 Å². The molecule has 0 bridgehead atoms. The van der Waals surface area contributed by atoms with Gasteiger partial charge in [0.1, 0.15) is 10.1 Å². The number of carbonyl (C=O) groups is 2. The zero-order chi connectivity index (χ0) is 9.94. The third-order valence-electron chi connectivity index (χ3n) is 0.963. The van der Waals surface area contributed by atoms with Crippen LogP contribution in [0.4, 0.5) is 0 Å². The number of rotatable bonds is 4. The second-order valence-electron chi connectivity index (χ2n) is 1.88. The van der Waals surface area contributed by atoms with Crippen LogP contribution in [0.2, 0.25) is 0 Å². The molecule has 7 nitrogen and oxygen atoms in total. The molecule has 0 aromatic rings. The summed E-state index contributed by atoms with van der Waals surface area (Å²) < 4.78 is 30.1. The Hall–Kier alpha value is 3.76. The summed E-state index contributed by atoms with van der Waals surface area (Å²) in [7, 11) is -5.19. The predicted molar refractivity (Wildman–Crippen MR) is 28.1 cm³/mol. The van der Waals surface area contributed by atoms with Crippen molar-refractivity contribution in [2.24, 2.45) is 0 Å². The molecule has 0 fully saturated rings. The molecule has 0 heterocycles. The normalized spacial score (nSPS) is 11.0. The monoisotopic (exact) mass is 312 g/mol. The molecule has 0 amide bonds. The van der Waals surface area contributed by atoms with E-state index in [2.05, 4.69) is 0 Å². The average Bonchev–Trinajstić information content (AvgIpc) is 1.79. The fourth-order valence-electron chi connectivity index (χ4n) is 0.455. The number of hydrogen-bond donors (Lipinski definition) is 0. The zero-order valence-corrected chi connectivity index (χ0v) is 18.7.